The van der Waals surface area contributed by atoms with E-state index in [0.717, 1.165) is 32.1 Å². The van der Waals surface area contributed by atoms with Crippen LogP contribution in [0.5, 0.6) is 5.75 Å². The smallest absolute Gasteiger partial charge is 0.258 e. The van der Waals surface area contributed by atoms with Gasteiger partial charge in [-0.1, -0.05) is 11.6 Å². The monoisotopic (exact) mass is 377 g/mol. The molecular weight excluding hydrogens is 354 g/mol. The predicted octanol–water partition coefficient (Wildman–Crippen LogP) is 3.29. The Balaban J connectivity index is 1.15. The fourth-order valence-electron chi connectivity index (χ4n) is 4.55. The molecule has 0 saturated heterocycles. The molecule has 1 amide bonds. The molecule has 4 fully saturated rings. The van der Waals surface area contributed by atoms with Crippen molar-refractivity contribution in [3.05, 3.63) is 29.3 Å². The molecule has 4 saturated carbocycles. The molecule has 5 nitrogen and oxygen atoms in total. The summed E-state index contributed by atoms with van der Waals surface area (Å²) in [6.07, 6.45) is 6.95. The normalized spacial score (nSPS) is 29.1. The van der Waals surface area contributed by atoms with Gasteiger partial charge in [-0.05, 0) is 68.2 Å². The average Bonchev–Trinajstić information content (AvgIpc) is 2.49. The van der Waals surface area contributed by atoms with Gasteiger partial charge in [-0.15, -0.1) is 0 Å². The maximum atomic E-state index is 12.1. The molecule has 140 valence electrons. The zero-order chi connectivity index (χ0) is 18.2. The van der Waals surface area contributed by atoms with Crippen LogP contribution >= 0.6 is 11.6 Å². The van der Waals surface area contributed by atoms with Gasteiger partial charge < -0.3 is 14.8 Å². The van der Waals surface area contributed by atoms with Crippen LogP contribution in [0.3, 0.4) is 0 Å². The van der Waals surface area contributed by atoms with Crippen molar-refractivity contribution >= 4 is 23.3 Å². The van der Waals surface area contributed by atoms with Crippen LogP contribution in [0.2, 0.25) is 5.02 Å². The highest BCUT2D eigenvalue weighted by Crippen LogP contribution is 2.68. The lowest BCUT2D eigenvalue weighted by Crippen LogP contribution is -2.75. The van der Waals surface area contributed by atoms with Crippen LogP contribution in [0.15, 0.2) is 24.3 Å². The van der Waals surface area contributed by atoms with E-state index >= 15 is 0 Å². The topological polar surface area (TPSA) is 64.6 Å². The van der Waals surface area contributed by atoms with Crippen LogP contribution in [-0.4, -0.2) is 36.5 Å². The van der Waals surface area contributed by atoms with Gasteiger partial charge in [0.1, 0.15) is 12.4 Å². The number of carbonyl (C=O) groups excluding carboxylic acids is 2. The first-order valence-corrected chi connectivity index (χ1v) is 9.67. The van der Waals surface area contributed by atoms with Crippen molar-refractivity contribution in [2.45, 2.75) is 56.6 Å². The molecular formula is C20H24ClNO4. The van der Waals surface area contributed by atoms with E-state index < -0.39 is 0 Å². The van der Waals surface area contributed by atoms with Gasteiger partial charge in [0.2, 0.25) is 0 Å². The van der Waals surface area contributed by atoms with E-state index in [4.69, 9.17) is 21.1 Å². The Kier molecular flexibility index (Phi) is 4.70. The molecule has 2 bridgehead atoms. The third-order valence-corrected chi connectivity index (χ3v) is 6.08. The second-order valence-electron chi connectivity index (χ2n) is 8.18. The summed E-state index contributed by atoms with van der Waals surface area (Å²) in [7, 11) is 0. The van der Waals surface area contributed by atoms with Crippen molar-refractivity contribution in [3.8, 4) is 5.75 Å². The maximum absolute atomic E-state index is 12.1. The van der Waals surface area contributed by atoms with Crippen LogP contribution in [0.4, 0.5) is 0 Å². The van der Waals surface area contributed by atoms with Gasteiger partial charge in [0.15, 0.2) is 12.4 Å². The lowest BCUT2D eigenvalue weighted by atomic mass is 9.38. The number of ether oxygens (including phenoxy) is 2. The highest BCUT2D eigenvalue weighted by atomic mass is 35.5. The van der Waals surface area contributed by atoms with Gasteiger partial charge in [0.25, 0.3) is 5.91 Å². The molecule has 1 aromatic rings. The first-order valence-electron chi connectivity index (χ1n) is 9.29. The van der Waals surface area contributed by atoms with Crippen molar-refractivity contribution in [3.63, 3.8) is 0 Å². The van der Waals surface area contributed by atoms with E-state index in [2.05, 4.69) is 5.32 Å². The van der Waals surface area contributed by atoms with Crippen LogP contribution in [0.1, 0.15) is 44.9 Å². The summed E-state index contributed by atoms with van der Waals surface area (Å²) in [5.41, 5.74) is -0.0140. The summed E-state index contributed by atoms with van der Waals surface area (Å²) in [6.45, 7) is 0.241. The Morgan fingerprint density at radius 1 is 1.12 bits per heavy atom. The van der Waals surface area contributed by atoms with Crippen LogP contribution < -0.4 is 10.1 Å². The van der Waals surface area contributed by atoms with Crippen molar-refractivity contribution in [1.82, 2.24) is 5.32 Å². The average molecular weight is 378 g/mol. The molecule has 4 aliphatic rings. The molecule has 1 N–H and O–H groups in total. The van der Waals surface area contributed by atoms with Gasteiger partial charge in [0, 0.05) is 17.0 Å². The molecule has 0 spiro atoms. The third kappa shape index (κ3) is 3.74. The molecule has 26 heavy (non-hydrogen) atoms. The summed E-state index contributed by atoms with van der Waals surface area (Å²) >= 11 is 5.82. The first kappa shape index (κ1) is 17.8. The van der Waals surface area contributed by atoms with E-state index in [0.29, 0.717) is 23.3 Å². The third-order valence-electron chi connectivity index (χ3n) is 5.83. The number of halogens is 1. The van der Waals surface area contributed by atoms with Crippen molar-refractivity contribution in [2.24, 2.45) is 5.41 Å². The molecule has 0 atom stereocenters. The minimum absolute atomic E-state index is 0.00938. The van der Waals surface area contributed by atoms with E-state index in [-0.39, 0.29) is 35.9 Å². The molecule has 0 heterocycles. The second-order valence-corrected chi connectivity index (χ2v) is 8.62. The number of hydrogen-bond donors (Lipinski definition) is 1. The minimum atomic E-state index is -0.118. The Bertz CT molecular complexity index is 678. The number of rotatable bonds is 9. The molecule has 6 heteroatoms. The molecule has 0 aromatic heterocycles. The summed E-state index contributed by atoms with van der Waals surface area (Å²) in [5, 5.41) is 3.71. The lowest BCUT2D eigenvalue weighted by molar-refractivity contribution is -0.175. The Labute approximate surface area is 158 Å². The van der Waals surface area contributed by atoms with E-state index in [1.165, 1.54) is 6.42 Å². The standard InChI is InChI=1S/C20H24ClNO4/c21-14-4-6-17(7-5-14)26-10-18(24)22-20-11-19(12-20,13-20)8-15(23)9-25-16-2-1-3-16/h4-7,16H,1-3,8-13H2,(H,22,24). The lowest BCUT2D eigenvalue weighted by Gasteiger charge is -2.70. The summed E-state index contributed by atoms with van der Waals surface area (Å²) in [6, 6.07) is 6.93. The number of amides is 1. The highest BCUT2D eigenvalue weighted by Gasteiger charge is 2.68. The maximum Gasteiger partial charge on any atom is 0.258 e. The first-order chi connectivity index (χ1) is 12.5. The van der Waals surface area contributed by atoms with Crippen molar-refractivity contribution in [1.29, 1.82) is 0 Å². The Morgan fingerprint density at radius 3 is 2.42 bits per heavy atom. The summed E-state index contributed by atoms with van der Waals surface area (Å²) in [4.78, 5) is 24.2. The number of Topliss-reactive ketones (excluding diaryl/α,β-unsaturated/α-hetero) is 1. The van der Waals surface area contributed by atoms with E-state index in [1.807, 2.05) is 0 Å². The van der Waals surface area contributed by atoms with Gasteiger partial charge in [-0.2, -0.15) is 0 Å². The van der Waals surface area contributed by atoms with Crippen LogP contribution in [0, 0.1) is 5.41 Å². The molecule has 1 aromatic carbocycles. The van der Waals surface area contributed by atoms with Crippen LogP contribution in [0.25, 0.3) is 0 Å². The highest BCUT2D eigenvalue weighted by molar-refractivity contribution is 6.30. The van der Waals surface area contributed by atoms with Gasteiger partial charge >= 0.3 is 0 Å². The molecule has 4 aliphatic carbocycles. The van der Waals surface area contributed by atoms with Gasteiger partial charge in [0.05, 0.1) is 6.10 Å². The van der Waals surface area contributed by atoms with Gasteiger partial charge in [-0.3, -0.25) is 9.59 Å². The zero-order valence-corrected chi connectivity index (χ0v) is 15.5. The number of hydrogen-bond acceptors (Lipinski definition) is 4. The Morgan fingerprint density at radius 2 is 1.81 bits per heavy atom. The SMILES string of the molecule is O=C(COC1CCC1)CC12CC(NC(=O)COc3ccc(Cl)cc3)(C1)C2. The summed E-state index contributed by atoms with van der Waals surface area (Å²) < 4.78 is 11.1. The number of ketones is 1. The molecule has 5 rings (SSSR count). The molecule has 0 aliphatic heterocycles. The van der Waals surface area contributed by atoms with E-state index in [9.17, 15) is 9.59 Å². The van der Waals surface area contributed by atoms with E-state index in [1.54, 1.807) is 24.3 Å². The van der Waals surface area contributed by atoms with Gasteiger partial charge in [-0.25, -0.2) is 0 Å². The molecule has 0 radical (unpaired) electrons. The largest absolute Gasteiger partial charge is 0.484 e. The minimum Gasteiger partial charge on any atom is -0.484 e. The second kappa shape index (κ2) is 6.86. The predicted molar refractivity (Wildman–Crippen MR) is 97.3 cm³/mol. The molecule has 0 unspecified atom stereocenters. The number of carbonyl (C=O) groups is 2. The fraction of sp³-hybridized carbons (Fsp3) is 0.600. The Hall–Kier alpha value is -1.59. The van der Waals surface area contributed by atoms with Crippen LogP contribution in [-0.2, 0) is 14.3 Å². The number of nitrogens with one attached hydrogen (secondary N) is 1. The fourth-order valence-corrected chi connectivity index (χ4v) is 4.67. The number of benzene rings is 1. The van der Waals surface area contributed by atoms with Crippen molar-refractivity contribution < 1.29 is 19.1 Å². The quantitative estimate of drug-likeness (QED) is 0.717. The summed E-state index contributed by atoms with van der Waals surface area (Å²) in [5.74, 6) is 0.700. The zero-order valence-electron chi connectivity index (χ0n) is 14.8. The van der Waals surface area contributed by atoms with Crippen molar-refractivity contribution in [2.75, 3.05) is 13.2 Å².